The Bertz CT molecular complexity index is 494. The molecule has 0 unspecified atom stereocenters. The van der Waals surface area contributed by atoms with Crippen molar-refractivity contribution in [2.75, 3.05) is 13.2 Å². The van der Waals surface area contributed by atoms with Gasteiger partial charge in [-0.25, -0.2) is 0 Å². The summed E-state index contributed by atoms with van der Waals surface area (Å²) >= 11 is 0. The Labute approximate surface area is 129 Å². The Morgan fingerprint density at radius 3 is 1.43 bits per heavy atom. The number of ether oxygens (including phenoxy) is 2. The first-order valence-electron chi connectivity index (χ1n) is 7.84. The van der Waals surface area contributed by atoms with Crippen LogP contribution in [-0.4, -0.2) is 17.8 Å². The van der Waals surface area contributed by atoms with Crippen LogP contribution in [0.15, 0.2) is 0 Å². The van der Waals surface area contributed by atoms with Crippen LogP contribution in [0.5, 0.6) is 11.5 Å². The summed E-state index contributed by atoms with van der Waals surface area (Å²) in [4.78, 5) is 0. The van der Waals surface area contributed by atoms with E-state index in [1.54, 1.807) is 0 Å². The minimum absolute atomic E-state index is 0.0141. The molecule has 2 rings (SSSR count). The van der Waals surface area contributed by atoms with Gasteiger partial charge in [0.2, 0.25) is 0 Å². The largest absolute Gasteiger partial charge is 0.487 e. The van der Waals surface area contributed by atoms with Crippen LogP contribution in [0.4, 0.5) is 0 Å². The first-order valence-corrected chi connectivity index (χ1v) is 7.84. The smallest absolute Gasteiger partial charge is 0.183 e. The van der Waals surface area contributed by atoms with Gasteiger partial charge in [0, 0.05) is 23.3 Å². The summed E-state index contributed by atoms with van der Waals surface area (Å²) in [5.41, 5.74) is 2.51. The number of aromatic nitrogens is 1. The van der Waals surface area contributed by atoms with Gasteiger partial charge in [-0.05, 0) is 0 Å². The van der Waals surface area contributed by atoms with Gasteiger partial charge in [0.1, 0.15) is 0 Å². The molecule has 0 saturated heterocycles. The lowest BCUT2D eigenvalue weighted by molar-refractivity contribution is 0.136. The summed E-state index contributed by atoms with van der Waals surface area (Å²) in [6.45, 7) is 19.1. The fourth-order valence-corrected chi connectivity index (χ4v) is 3.16. The van der Waals surface area contributed by atoms with Crippen molar-refractivity contribution < 1.29 is 9.47 Å². The van der Waals surface area contributed by atoms with Crippen molar-refractivity contribution in [3.8, 4) is 11.5 Å². The molecule has 2 heterocycles. The van der Waals surface area contributed by atoms with Crippen LogP contribution in [0.2, 0.25) is 0 Å². The van der Waals surface area contributed by atoms with E-state index in [1.165, 1.54) is 11.4 Å². The summed E-state index contributed by atoms with van der Waals surface area (Å²) in [7, 11) is 2.13. The molecule has 1 aromatic rings. The topological polar surface area (TPSA) is 23.4 Å². The molecule has 0 bridgehead atoms. The fraction of sp³-hybridized carbons (Fsp3) is 0.778. The molecule has 0 fully saturated rings. The maximum atomic E-state index is 6.23. The predicted octanol–water partition coefficient (Wildman–Crippen LogP) is 4.42. The van der Waals surface area contributed by atoms with Gasteiger partial charge >= 0.3 is 0 Å². The van der Waals surface area contributed by atoms with Crippen LogP contribution < -0.4 is 9.47 Å². The Balaban J connectivity index is 2.69. The highest BCUT2D eigenvalue weighted by molar-refractivity contribution is 5.55. The third kappa shape index (κ3) is 2.93. The van der Waals surface area contributed by atoms with Crippen LogP contribution in [0.25, 0.3) is 0 Å². The fourth-order valence-electron chi connectivity index (χ4n) is 3.16. The SMILES string of the molecule is Cn1c(C(C)(C)C)c2c(c1C(C)(C)C)OCC(C)(C)CO2. The lowest BCUT2D eigenvalue weighted by Gasteiger charge is -2.27. The molecule has 0 aliphatic carbocycles. The second-order valence-electron chi connectivity index (χ2n) is 9.16. The van der Waals surface area contributed by atoms with Crippen LogP contribution in [0, 0.1) is 5.41 Å². The van der Waals surface area contributed by atoms with Crippen molar-refractivity contribution in [1.82, 2.24) is 4.57 Å². The minimum Gasteiger partial charge on any atom is -0.487 e. The molecule has 0 aromatic carbocycles. The zero-order chi connectivity index (χ0) is 16.2. The number of hydrogen-bond donors (Lipinski definition) is 0. The molecule has 1 aromatic heterocycles. The van der Waals surface area contributed by atoms with Crippen molar-refractivity contribution in [1.29, 1.82) is 0 Å². The molecule has 0 atom stereocenters. The molecule has 1 aliphatic rings. The maximum absolute atomic E-state index is 6.23. The Morgan fingerprint density at radius 2 is 1.14 bits per heavy atom. The summed E-state index contributed by atoms with van der Waals surface area (Å²) in [6.07, 6.45) is 0. The van der Waals surface area contributed by atoms with E-state index in [0.717, 1.165) is 11.5 Å². The zero-order valence-corrected chi connectivity index (χ0v) is 15.2. The first-order chi connectivity index (χ1) is 9.34. The molecule has 0 N–H and O–H groups in total. The highest BCUT2D eigenvalue weighted by atomic mass is 16.5. The monoisotopic (exact) mass is 293 g/mol. The molecule has 3 nitrogen and oxygen atoms in total. The van der Waals surface area contributed by atoms with Gasteiger partial charge in [0.25, 0.3) is 0 Å². The van der Waals surface area contributed by atoms with Crippen molar-refractivity contribution >= 4 is 0 Å². The maximum Gasteiger partial charge on any atom is 0.183 e. The summed E-state index contributed by atoms with van der Waals surface area (Å²) < 4.78 is 14.7. The summed E-state index contributed by atoms with van der Waals surface area (Å²) in [5.74, 6) is 1.89. The van der Waals surface area contributed by atoms with Crippen LogP contribution >= 0.6 is 0 Å². The van der Waals surface area contributed by atoms with E-state index in [4.69, 9.17) is 9.47 Å². The van der Waals surface area contributed by atoms with Gasteiger partial charge in [-0.2, -0.15) is 0 Å². The minimum atomic E-state index is 0.0141. The molecular formula is C18H31NO2. The van der Waals surface area contributed by atoms with Crippen LogP contribution in [0.1, 0.15) is 66.8 Å². The average Bonchev–Trinajstić information content (AvgIpc) is 2.47. The predicted molar refractivity (Wildman–Crippen MR) is 87.6 cm³/mol. The Hall–Kier alpha value is -1.12. The third-order valence-corrected chi connectivity index (χ3v) is 3.94. The van der Waals surface area contributed by atoms with Gasteiger partial charge in [-0.1, -0.05) is 55.4 Å². The van der Waals surface area contributed by atoms with Gasteiger partial charge in [-0.3, -0.25) is 0 Å². The Morgan fingerprint density at radius 1 is 0.810 bits per heavy atom. The molecule has 0 radical (unpaired) electrons. The van der Waals surface area contributed by atoms with Crippen LogP contribution in [0.3, 0.4) is 0 Å². The number of rotatable bonds is 0. The number of nitrogens with zero attached hydrogens (tertiary/aromatic N) is 1. The van der Waals surface area contributed by atoms with Gasteiger partial charge < -0.3 is 14.0 Å². The van der Waals surface area contributed by atoms with Crippen molar-refractivity contribution in [2.45, 2.75) is 66.2 Å². The number of fused-ring (bicyclic) bond motifs is 1. The lowest BCUT2D eigenvalue weighted by atomic mass is 9.91. The van der Waals surface area contributed by atoms with Gasteiger partial charge in [0.05, 0.1) is 24.6 Å². The summed E-state index contributed by atoms with van der Waals surface area (Å²) in [6, 6.07) is 0. The standard InChI is InChI=1S/C18H31NO2/c1-16(2,3)14-12-13(15(19(14)9)17(4,5)6)21-11-18(7,8)10-20-12/h10-11H2,1-9H3. The van der Waals surface area contributed by atoms with Crippen molar-refractivity contribution in [2.24, 2.45) is 12.5 Å². The van der Waals surface area contributed by atoms with E-state index in [2.05, 4.69) is 67.0 Å². The molecule has 1 aliphatic heterocycles. The van der Waals surface area contributed by atoms with Gasteiger partial charge in [0.15, 0.2) is 11.5 Å². The lowest BCUT2D eigenvalue weighted by Crippen LogP contribution is -2.28. The molecule has 0 saturated carbocycles. The first kappa shape index (κ1) is 16.3. The molecule has 120 valence electrons. The molecule has 0 amide bonds. The quantitative estimate of drug-likeness (QED) is 0.707. The van der Waals surface area contributed by atoms with E-state index < -0.39 is 0 Å². The van der Waals surface area contributed by atoms with E-state index in [-0.39, 0.29) is 16.2 Å². The Kier molecular flexibility index (Phi) is 3.63. The highest BCUT2D eigenvalue weighted by Gasteiger charge is 2.38. The average molecular weight is 293 g/mol. The molecule has 3 heteroatoms. The molecular weight excluding hydrogens is 262 g/mol. The second kappa shape index (κ2) is 4.69. The zero-order valence-electron chi connectivity index (χ0n) is 15.2. The van der Waals surface area contributed by atoms with Crippen LogP contribution in [-0.2, 0) is 17.9 Å². The molecule has 21 heavy (non-hydrogen) atoms. The van der Waals surface area contributed by atoms with Gasteiger partial charge in [-0.15, -0.1) is 0 Å². The van der Waals surface area contributed by atoms with E-state index >= 15 is 0 Å². The van der Waals surface area contributed by atoms with E-state index in [1.807, 2.05) is 0 Å². The molecule has 0 spiro atoms. The van der Waals surface area contributed by atoms with E-state index in [0.29, 0.717) is 13.2 Å². The van der Waals surface area contributed by atoms with Crippen molar-refractivity contribution in [3.05, 3.63) is 11.4 Å². The normalized spacial score (nSPS) is 18.5. The second-order valence-corrected chi connectivity index (χ2v) is 9.16. The third-order valence-electron chi connectivity index (χ3n) is 3.94. The highest BCUT2D eigenvalue weighted by Crippen LogP contribution is 2.49. The summed E-state index contributed by atoms with van der Waals surface area (Å²) in [5, 5.41) is 0. The van der Waals surface area contributed by atoms with Crippen molar-refractivity contribution in [3.63, 3.8) is 0 Å². The van der Waals surface area contributed by atoms with E-state index in [9.17, 15) is 0 Å². The number of hydrogen-bond acceptors (Lipinski definition) is 2.